The Kier molecular flexibility index (Phi) is 8.71. The SMILES string of the molecule is CCCCCCCC(C)(CCCCC)c1nccc(C(F)(F)F)n1. The quantitative estimate of drug-likeness (QED) is 0.418. The molecule has 1 heterocycles. The fourth-order valence-electron chi connectivity index (χ4n) is 3.04. The molecule has 1 aromatic heterocycles. The van der Waals surface area contributed by atoms with Crippen LogP contribution in [0.1, 0.15) is 96.5 Å². The van der Waals surface area contributed by atoms with Crippen LogP contribution in [0, 0.1) is 0 Å². The number of alkyl halides is 3. The van der Waals surface area contributed by atoms with Crippen molar-refractivity contribution in [3.8, 4) is 0 Å². The molecule has 0 fully saturated rings. The van der Waals surface area contributed by atoms with Gasteiger partial charge in [-0.25, -0.2) is 9.97 Å². The van der Waals surface area contributed by atoms with Gasteiger partial charge < -0.3 is 0 Å². The molecule has 24 heavy (non-hydrogen) atoms. The zero-order chi connectivity index (χ0) is 18.1. The summed E-state index contributed by atoms with van der Waals surface area (Å²) in [7, 11) is 0. The van der Waals surface area contributed by atoms with E-state index in [1.165, 1.54) is 25.5 Å². The average molecular weight is 344 g/mol. The molecule has 0 spiro atoms. The summed E-state index contributed by atoms with van der Waals surface area (Å²) in [5.74, 6) is 0.351. The third kappa shape index (κ3) is 6.78. The summed E-state index contributed by atoms with van der Waals surface area (Å²) >= 11 is 0. The maximum absolute atomic E-state index is 13.0. The number of unbranched alkanes of at least 4 members (excludes halogenated alkanes) is 6. The highest BCUT2D eigenvalue weighted by Crippen LogP contribution is 2.35. The second kappa shape index (κ2) is 10.00. The van der Waals surface area contributed by atoms with Gasteiger partial charge in [-0.15, -0.1) is 0 Å². The molecule has 0 amide bonds. The topological polar surface area (TPSA) is 25.8 Å². The van der Waals surface area contributed by atoms with Crippen LogP contribution in [-0.2, 0) is 11.6 Å². The maximum Gasteiger partial charge on any atom is 0.433 e. The molecule has 1 aromatic rings. The highest BCUT2D eigenvalue weighted by atomic mass is 19.4. The Balaban J connectivity index is 2.87. The molecule has 0 aliphatic rings. The number of halogens is 3. The van der Waals surface area contributed by atoms with Crippen molar-refractivity contribution in [2.24, 2.45) is 0 Å². The van der Waals surface area contributed by atoms with Crippen LogP contribution < -0.4 is 0 Å². The van der Waals surface area contributed by atoms with Gasteiger partial charge in [-0.3, -0.25) is 0 Å². The molecule has 0 saturated carbocycles. The van der Waals surface area contributed by atoms with Crippen LogP contribution in [0.5, 0.6) is 0 Å². The summed E-state index contributed by atoms with van der Waals surface area (Å²) in [4.78, 5) is 8.08. The van der Waals surface area contributed by atoms with E-state index in [0.29, 0.717) is 5.82 Å². The minimum absolute atomic E-state index is 0.351. The minimum Gasteiger partial charge on any atom is -0.241 e. The summed E-state index contributed by atoms with van der Waals surface area (Å²) in [6, 6.07) is 0.956. The third-order valence-electron chi connectivity index (χ3n) is 4.65. The summed E-state index contributed by atoms with van der Waals surface area (Å²) in [5, 5.41) is 0. The van der Waals surface area contributed by atoms with Gasteiger partial charge >= 0.3 is 6.18 Å². The third-order valence-corrected chi connectivity index (χ3v) is 4.65. The second-order valence-electron chi connectivity index (χ2n) is 6.95. The van der Waals surface area contributed by atoms with Crippen molar-refractivity contribution in [2.75, 3.05) is 0 Å². The first-order chi connectivity index (χ1) is 11.3. The predicted molar refractivity (Wildman–Crippen MR) is 91.9 cm³/mol. The normalized spacial score (nSPS) is 14.6. The molecular weight excluding hydrogens is 313 g/mol. The molecule has 2 nitrogen and oxygen atoms in total. The largest absolute Gasteiger partial charge is 0.433 e. The van der Waals surface area contributed by atoms with Crippen LogP contribution in [0.3, 0.4) is 0 Å². The molecule has 0 bridgehead atoms. The van der Waals surface area contributed by atoms with Crippen molar-refractivity contribution >= 4 is 0 Å². The zero-order valence-electron chi connectivity index (χ0n) is 15.3. The van der Waals surface area contributed by atoms with Crippen LogP contribution in [0.25, 0.3) is 0 Å². The van der Waals surface area contributed by atoms with E-state index in [1.807, 2.05) is 6.92 Å². The average Bonchev–Trinajstić information content (AvgIpc) is 2.54. The van der Waals surface area contributed by atoms with Crippen molar-refractivity contribution in [3.05, 3.63) is 23.8 Å². The number of hydrogen-bond donors (Lipinski definition) is 0. The van der Waals surface area contributed by atoms with E-state index in [2.05, 4.69) is 23.8 Å². The van der Waals surface area contributed by atoms with Gasteiger partial charge in [0.25, 0.3) is 0 Å². The fourth-order valence-corrected chi connectivity index (χ4v) is 3.04. The summed E-state index contributed by atoms with van der Waals surface area (Å²) < 4.78 is 38.9. The van der Waals surface area contributed by atoms with E-state index in [0.717, 1.165) is 51.0 Å². The van der Waals surface area contributed by atoms with Crippen LogP contribution in [-0.4, -0.2) is 9.97 Å². The molecule has 1 rings (SSSR count). The molecule has 0 aromatic carbocycles. The lowest BCUT2D eigenvalue weighted by molar-refractivity contribution is -0.141. The maximum atomic E-state index is 13.0. The van der Waals surface area contributed by atoms with E-state index in [9.17, 15) is 13.2 Å². The molecule has 0 saturated heterocycles. The lowest BCUT2D eigenvalue weighted by atomic mass is 9.79. The standard InChI is InChI=1S/C19H31F3N2/c1-4-6-8-9-11-14-18(3,13-10-7-5-2)17-23-15-12-16(24-17)19(20,21)22/h12,15H,4-11,13-14H2,1-3H3. The van der Waals surface area contributed by atoms with Gasteiger partial charge in [-0.05, 0) is 18.9 Å². The minimum atomic E-state index is -4.41. The van der Waals surface area contributed by atoms with Crippen LogP contribution in [0.4, 0.5) is 13.2 Å². The Morgan fingerprint density at radius 3 is 2.00 bits per heavy atom. The van der Waals surface area contributed by atoms with Crippen molar-refractivity contribution in [1.29, 1.82) is 0 Å². The van der Waals surface area contributed by atoms with Gasteiger partial charge in [0.1, 0.15) is 11.5 Å². The zero-order valence-corrected chi connectivity index (χ0v) is 15.3. The molecular formula is C19H31F3N2. The summed E-state index contributed by atoms with van der Waals surface area (Å²) in [5.41, 5.74) is -1.21. The fraction of sp³-hybridized carbons (Fsp3) is 0.789. The van der Waals surface area contributed by atoms with Crippen molar-refractivity contribution in [3.63, 3.8) is 0 Å². The van der Waals surface area contributed by atoms with E-state index in [4.69, 9.17) is 0 Å². The Morgan fingerprint density at radius 1 is 0.875 bits per heavy atom. The van der Waals surface area contributed by atoms with Crippen LogP contribution >= 0.6 is 0 Å². The monoisotopic (exact) mass is 344 g/mol. The lowest BCUT2D eigenvalue weighted by Crippen LogP contribution is -2.26. The lowest BCUT2D eigenvalue weighted by Gasteiger charge is -2.28. The first-order valence-corrected chi connectivity index (χ1v) is 9.24. The molecule has 0 radical (unpaired) electrons. The smallest absolute Gasteiger partial charge is 0.241 e. The molecule has 0 aliphatic carbocycles. The van der Waals surface area contributed by atoms with Gasteiger partial charge in [0.15, 0.2) is 0 Å². The summed E-state index contributed by atoms with van der Waals surface area (Å²) in [6.45, 7) is 6.33. The predicted octanol–water partition coefficient (Wildman–Crippen LogP) is 6.69. The molecule has 138 valence electrons. The number of rotatable bonds is 11. The second-order valence-corrected chi connectivity index (χ2v) is 6.95. The van der Waals surface area contributed by atoms with Crippen molar-refractivity contribution in [2.45, 2.75) is 96.6 Å². The van der Waals surface area contributed by atoms with Gasteiger partial charge in [0, 0.05) is 11.6 Å². The van der Waals surface area contributed by atoms with Crippen LogP contribution in [0.15, 0.2) is 12.3 Å². The van der Waals surface area contributed by atoms with Crippen molar-refractivity contribution < 1.29 is 13.2 Å². The number of hydrogen-bond acceptors (Lipinski definition) is 2. The van der Waals surface area contributed by atoms with Gasteiger partial charge in [-0.1, -0.05) is 72.1 Å². The number of aromatic nitrogens is 2. The molecule has 5 heteroatoms. The highest BCUT2D eigenvalue weighted by molar-refractivity contribution is 5.13. The van der Waals surface area contributed by atoms with Gasteiger partial charge in [-0.2, -0.15) is 13.2 Å². The first-order valence-electron chi connectivity index (χ1n) is 9.24. The van der Waals surface area contributed by atoms with Crippen molar-refractivity contribution in [1.82, 2.24) is 9.97 Å². The van der Waals surface area contributed by atoms with Crippen LogP contribution in [0.2, 0.25) is 0 Å². The Morgan fingerprint density at radius 2 is 1.42 bits per heavy atom. The summed E-state index contributed by atoms with van der Waals surface area (Å²) in [6.07, 6.45) is 7.43. The first kappa shape index (κ1) is 20.9. The molecule has 0 N–H and O–H groups in total. The van der Waals surface area contributed by atoms with Gasteiger partial charge in [0.05, 0.1) is 0 Å². The molecule has 1 atom stereocenters. The Bertz CT molecular complexity index is 474. The van der Waals surface area contributed by atoms with E-state index < -0.39 is 11.9 Å². The molecule has 1 unspecified atom stereocenters. The molecule has 0 aliphatic heterocycles. The highest BCUT2D eigenvalue weighted by Gasteiger charge is 2.35. The number of nitrogens with zero attached hydrogens (tertiary/aromatic N) is 2. The Labute approximate surface area is 144 Å². The van der Waals surface area contributed by atoms with Gasteiger partial charge in [0.2, 0.25) is 0 Å². The van der Waals surface area contributed by atoms with E-state index in [1.54, 1.807) is 0 Å². The van der Waals surface area contributed by atoms with E-state index in [-0.39, 0.29) is 5.41 Å². The van der Waals surface area contributed by atoms with E-state index >= 15 is 0 Å². The Hall–Kier alpha value is -1.13.